The van der Waals surface area contributed by atoms with Crippen molar-refractivity contribution in [2.75, 3.05) is 13.7 Å². The van der Waals surface area contributed by atoms with Crippen LogP contribution >= 0.6 is 15.9 Å². The van der Waals surface area contributed by atoms with Crippen LogP contribution in [0, 0.1) is 0 Å². The van der Waals surface area contributed by atoms with Crippen molar-refractivity contribution in [2.24, 2.45) is 0 Å². The summed E-state index contributed by atoms with van der Waals surface area (Å²) < 4.78 is 21.5. The fourth-order valence-corrected chi connectivity index (χ4v) is 2.38. The number of hydrogen-bond donors (Lipinski definition) is 0. The zero-order valence-corrected chi connectivity index (χ0v) is 14.7. The van der Waals surface area contributed by atoms with E-state index in [1.54, 1.807) is 12.1 Å². The largest absolute Gasteiger partial charge is 0.493 e. The Morgan fingerprint density at radius 2 is 2.13 bits per heavy atom. The summed E-state index contributed by atoms with van der Waals surface area (Å²) in [6, 6.07) is 3.17. The van der Waals surface area contributed by atoms with E-state index in [0.29, 0.717) is 40.4 Å². The number of halogens is 1. The van der Waals surface area contributed by atoms with Gasteiger partial charge in [0.15, 0.2) is 23.9 Å². The van der Waals surface area contributed by atoms with Crippen LogP contribution in [0.2, 0.25) is 0 Å². The minimum absolute atomic E-state index is 0.0843. The van der Waals surface area contributed by atoms with Crippen molar-refractivity contribution in [3.8, 4) is 11.5 Å². The number of rotatable bonds is 7. The predicted octanol–water partition coefficient (Wildman–Crippen LogP) is 3.16. The lowest BCUT2D eigenvalue weighted by molar-refractivity contribution is 0.0429. The van der Waals surface area contributed by atoms with Gasteiger partial charge in [-0.3, -0.25) is 0 Å². The Balaban J connectivity index is 2.11. The minimum atomic E-state index is -0.525. The lowest BCUT2D eigenvalue weighted by Crippen LogP contribution is -2.07. The number of benzene rings is 1. The van der Waals surface area contributed by atoms with Gasteiger partial charge in [-0.1, -0.05) is 12.1 Å². The summed E-state index contributed by atoms with van der Waals surface area (Å²) in [4.78, 5) is 16.2. The van der Waals surface area contributed by atoms with Gasteiger partial charge >= 0.3 is 5.97 Å². The molecule has 0 saturated heterocycles. The van der Waals surface area contributed by atoms with Gasteiger partial charge < -0.3 is 18.7 Å². The molecule has 1 heterocycles. The van der Waals surface area contributed by atoms with Crippen LogP contribution in [0.3, 0.4) is 0 Å². The zero-order valence-electron chi connectivity index (χ0n) is 13.1. The van der Waals surface area contributed by atoms with Crippen molar-refractivity contribution >= 4 is 21.9 Å². The fraction of sp³-hybridized carbons (Fsp3) is 0.400. The van der Waals surface area contributed by atoms with Crippen molar-refractivity contribution in [3.63, 3.8) is 0 Å². The molecule has 0 saturated carbocycles. The van der Waals surface area contributed by atoms with Gasteiger partial charge in [0.2, 0.25) is 0 Å². The highest BCUT2D eigenvalue weighted by Gasteiger charge is 2.17. The lowest BCUT2D eigenvalue weighted by Gasteiger charge is -2.12. The van der Waals surface area contributed by atoms with Gasteiger partial charge in [-0.25, -0.2) is 4.79 Å². The Bertz CT molecular complexity index is 687. The van der Waals surface area contributed by atoms with Crippen LogP contribution in [0.1, 0.15) is 35.9 Å². The second-order valence-electron chi connectivity index (χ2n) is 4.46. The Kier molecular flexibility index (Phi) is 5.97. The Morgan fingerprint density at radius 1 is 1.35 bits per heavy atom. The summed E-state index contributed by atoms with van der Waals surface area (Å²) in [6.07, 6.45) is 0.653. The summed E-state index contributed by atoms with van der Waals surface area (Å²) in [5.74, 6) is 1.28. The molecular weight excluding hydrogens is 368 g/mol. The number of carbonyl (C=O) groups is 1. The normalized spacial score (nSPS) is 10.4. The summed E-state index contributed by atoms with van der Waals surface area (Å²) >= 11 is 3.36. The highest BCUT2D eigenvalue weighted by Crippen LogP contribution is 2.36. The smallest absolute Gasteiger partial charge is 0.338 e. The molecule has 0 atom stereocenters. The van der Waals surface area contributed by atoms with Crippen molar-refractivity contribution in [1.82, 2.24) is 10.1 Å². The molecule has 0 bridgehead atoms. The molecule has 2 rings (SSSR count). The molecule has 1 aromatic carbocycles. The number of aromatic nitrogens is 2. The lowest BCUT2D eigenvalue weighted by atomic mass is 10.2. The minimum Gasteiger partial charge on any atom is -0.493 e. The molecule has 0 amide bonds. The number of methoxy groups -OCH3 is 1. The molecule has 0 N–H and O–H groups in total. The number of aryl methyl sites for hydroxylation is 1. The van der Waals surface area contributed by atoms with Gasteiger partial charge in [-0.05, 0) is 35.0 Å². The number of esters is 1. The van der Waals surface area contributed by atoms with Gasteiger partial charge in [0.25, 0.3) is 5.89 Å². The number of hydrogen-bond acceptors (Lipinski definition) is 7. The zero-order chi connectivity index (χ0) is 16.8. The van der Waals surface area contributed by atoms with Crippen LogP contribution in [0.25, 0.3) is 0 Å². The first-order chi connectivity index (χ1) is 11.1. The van der Waals surface area contributed by atoms with Crippen molar-refractivity contribution in [1.29, 1.82) is 0 Å². The molecule has 0 aliphatic carbocycles. The third-order valence-electron chi connectivity index (χ3n) is 2.91. The van der Waals surface area contributed by atoms with Crippen molar-refractivity contribution < 1.29 is 23.5 Å². The van der Waals surface area contributed by atoms with E-state index < -0.39 is 5.97 Å². The van der Waals surface area contributed by atoms with Gasteiger partial charge in [0, 0.05) is 6.42 Å². The molecule has 0 fully saturated rings. The first-order valence-corrected chi connectivity index (χ1v) is 7.87. The maximum absolute atomic E-state index is 12.2. The number of nitrogens with zero attached hydrogens (tertiary/aromatic N) is 2. The summed E-state index contributed by atoms with van der Waals surface area (Å²) in [5, 5.41) is 3.74. The second kappa shape index (κ2) is 7.96. The van der Waals surface area contributed by atoms with Gasteiger partial charge in [0.05, 0.1) is 23.8 Å². The van der Waals surface area contributed by atoms with Crippen LogP contribution in [0.5, 0.6) is 11.5 Å². The van der Waals surface area contributed by atoms with E-state index in [-0.39, 0.29) is 12.5 Å². The quantitative estimate of drug-likeness (QED) is 0.677. The van der Waals surface area contributed by atoms with E-state index in [4.69, 9.17) is 18.7 Å². The summed E-state index contributed by atoms with van der Waals surface area (Å²) in [6.45, 7) is 4.17. The SMILES string of the molecule is CCOc1c(Br)cc(C(=O)OCc2nc(CC)no2)cc1OC. The van der Waals surface area contributed by atoms with E-state index in [0.717, 1.165) is 0 Å². The molecule has 23 heavy (non-hydrogen) atoms. The standard InChI is InChI=1S/C15H17BrN2O5/c1-4-12-17-13(23-18-12)8-22-15(19)9-6-10(16)14(21-5-2)11(7-9)20-3/h6-7H,4-5,8H2,1-3H3. The molecule has 0 unspecified atom stereocenters. The maximum Gasteiger partial charge on any atom is 0.338 e. The third-order valence-corrected chi connectivity index (χ3v) is 3.50. The Labute approximate surface area is 142 Å². The average Bonchev–Trinajstić information content (AvgIpc) is 3.02. The van der Waals surface area contributed by atoms with Gasteiger partial charge in [-0.2, -0.15) is 4.98 Å². The van der Waals surface area contributed by atoms with E-state index >= 15 is 0 Å². The van der Waals surface area contributed by atoms with E-state index in [9.17, 15) is 4.79 Å². The molecule has 2 aromatic rings. The molecule has 0 aliphatic rings. The number of carbonyl (C=O) groups excluding carboxylic acids is 1. The molecular formula is C15H17BrN2O5. The van der Waals surface area contributed by atoms with Crippen LogP contribution in [0.4, 0.5) is 0 Å². The van der Waals surface area contributed by atoms with Crippen LogP contribution in [-0.4, -0.2) is 29.8 Å². The Morgan fingerprint density at radius 3 is 2.74 bits per heavy atom. The predicted molar refractivity (Wildman–Crippen MR) is 84.7 cm³/mol. The fourth-order valence-electron chi connectivity index (χ4n) is 1.83. The van der Waals surface area contributed by atoms with Crippen molar-refractivity contribution in [2.45, 2.75) is 26.9 Å². The molecule has 124 valence electrons. The van der Waals surface area contributed by atoms with E-state index in [2.05, 4.69) is 26.1 Å². The number of ether oxygens (including phenoxy) is 3. The highest BCUT2D eigenvalue weighted by molar-refractivity contribution is 9.10. The monoisotopic (exact) mass is 384 g/mol. The molecule has 7 nitrogen and oxygen atoms in total. The summed E-state index contributed by atoms with van der Waals surface area (Å²) in [5.41, 5.74) is 0.326. The molecule has 0 spiro atoms. The first kappa shape index (κ1) is 17.3. The maximum atomic E-state index is 12.2. The van der Waals surface area contributed by atoms with Gasteiger partial charge in [0.1, 0.15) is 0 Å². The van der Waals surface area contributed by atoms with E-state index in [1.807, 2.05) is 13.8 Å². The van der Waals surface area contributed by atoms with Crippen LogP contribution in [0.15, 0.2) is 21.1 Å². The van der Waals surface area contributed by atoms with Crippen LogP contribution < -0.4 is 9.47 Å². The molecule has 0 aliphatic heterocycles. The van der Waals surface area contributed by atoms with Gasteiger partial charge in [-0.15, -0.1) is 0 Å². The first-order valence-electron chi connectivity index (χ1n) is 7.07. The molecule has 0 radical (unpaired) electrons. The topological polar surface area (TPSA) is 83.7 Å². The van der Waals surface area contributed by atoms with Crippen LogP contribution in [-0.2, 0) is 17.8 Å². The third kappa shape index (κ3) is 4.22. The van der Waals surface area contributed by atoms with E-state index in [1.165, 1.54) is 7.11 Å². The Hall–Kier alpha value is -2.09. The van der Waals surface area contributed by atoms with Crippen molar-refractivity contribution in [3.05, 3.63) is 33.9 Å². The average molecular weight is 385 g/mol. The second-order valence-corrected chi connectivity index (χ2v) is 5.31. The molecule has 1 aromatic heterocycles. The molecule has 8 heteroatoms. The summed E-state index contributed by atoms with van der Waals surface area (Å²) in [7, 11) is 1.50. The highest BCUT2D eigenvalue weighted by atomic mass is 79.9.